The van der Waals surface area contributed by atoms with Crippen LogP contribution in [0.2, 0.25) is 0 Å². The summed E-state index contributed by atoms with van der Waals surface area (Å²) in [6.07, 6.45) is 1.85. The lowest BCUT2D eigenvalue weighted by molar-refractivity contribution is -0.123. The molecule has 1 aromatic carbocycles. The number of benzene rings is 1. The molecule has 0 aliphatic heterocycles. The van der Waals surface area contributed by atoms with E-state index in [1.807, 2.05) is 47.9 Å². The molecule has 0 saturated carbocycles. The highest BCUT2D eigenvalue weighted by atomic mass is 16.5. The van der Waals surface area contributed by atoms with Crippen molar-refractivity contribution in [1.82, 2.24) is 19.9 Å². The van der Waals surface area contributed by atoms with Crippen LogP contribution in [0.4, 0.5) is 0 Å². The number of carbonyl (C=O) groups is 1. The molecule has 0 saturated heterocycles. The number of methoxy groups -OCH3 is 1. The number of hydrogen-bond acceptors (Lipinski definition) is 5. The van der Waals surface area contributed by atoms with E-state index in [0.29, 0.717) is 17.3 Å². The van der Waals surface area contributed by atoms with Crippen LogP contribution in [-0.2, 0) is 11.3 Å². The number of nitrogens with zero attached hydrogens (tertiary/aromatic N) is 3. The van der Waals surface area contributed by atoms with Crippen LogP contribution < -0.4 is 14.8 Å². The number of fused-ring (bicyclic) bond motifs is 1. The molecular weight excluding hydrogens is 308 g/mol. The van der Waals surface area contributed by atoms with Crippen LogP contribution in [-0.4, -0.2) is 34.2 Å². The Morgan fingerprint density at radius 1 is 1.21 bits per heavy atom. The van der Waals surface area contributed by atoms with Gasteiger partial charge in [-0.1, -0.05) is 12.1 Å². The first kappa shape index (κ1) is 15.8. The SMILES string of the molecule is COc1cc(C)ccc1OCC(=O)NCc1nnc2ccccn12. The molecule has 1 N–H and O–H groups in total. The first-order valence-electron chi connectivity index (χ1n) is 7.50. The van der Waals surface area contributed by atoms with E-state index in [0.717, 1.165) is 11.2 Å². The van der Waals surface area contributed by atoms with Crippen LogP contribution in [0, 0.1) is 6.92 Å². The van der Waals surface area contributed by atoms with Crippen molar-refractivity contribution in [3.05, 3.63) is 54.0 Å². The van der Waals surface area contributed by atoms with Gasteiger partial charge in [0.1, 0.15) is 0 Å². The van der Waals surface area contributed by atoms with Crippen LogP contribution in [0.15, 0.2) is 42.6 Å². The van der Waals surface area contributed by atoms with Gasteiger partial charge in [0.2, 0.25) is 0 Å². The minimum atomic E-state index is -0.245. The van der Waals surface area contributed by atoms with E-state index in [2.05, 4.69) is 15.5 Å². The van der Waals surface area contributed by atoms with Crippen LogP contribution in [0.5, 0.6) is 11.5 Å². The predicted molar refractivity (Wildman–Crippen MR) is 88.1 cm³/mol. The summed E-state index contributed by atoms with van der Waals surface area (Å²) in [5.41, 5.74) is 1.80. The van der Waals surface area contributed by atoms with Crippen LogP contribution in [0.3, 0.4) is 0 Å². The molecular formula is C17H18N4O3. The Morgan fingerprint density at radius 3 is 2.92 bits per heavy atom. The fourth-order valence-corrected chi connectivity index (χ4v) is 2.28. The van der Waals surface area contributed by atoms with Crippen molar-refractivity contribution in [2.45, 2.75) is 13.5 Å². The third kappa shape index (κ3) is 3.45. The number of aromatic nitrogens is 3. The second-order valence-electron chi connectivity index (χ2n) is 5.26. The molecule has 7 nitrogen and oxygen atoms in total. The molecule has 2 aromatic heterocycles. The van der Waals surface area contributed by atoms with Gasteiger partial charge < -0.3 is 14.8 Å². The smallest absolute Gasteiger partial charge is 0.258 e. The molecule has 24 heavy (non-hydrogen) atoms. The second kappa shape index (κ2) is 6.99. The van der Waals surface area contributed by atoms with E-state index >= 15 is 0 Å². The highest BCUT2D eigenvalue weighted by Crippen LogP contribution is 2.27. The maximum atomic E-state index is 12.0. The first-order valence-corrected chi connectivity index (χ1v) is 7.50. The minimum absolute atomic E-state index is 0.101. The van der Waals surface area contributed by atoms with Gasteiger partial charge >= 0.3 is 0 Å². The molecule has 2 heterocycles. The highest BCUT2D eigenvalue weighted by Gasteiger charge is 2.10. The molecule has 0 aliphatic carbocycles. The lowest BCUT2D eigenvalue weighted by Crippen LogP contribution is -2.29. The summed E-state index contributed by atoms with van der Waals surface area (Å²) in [6.45, 7) is 2.14. The first-order chi connectivity index (χ1) is 11.7. The van der Waals surface area contributed by atoms with Crippen molar-refractivity contribution in [3.63, 3.8) is 0 Å². The van der Waals surface area contributed by atoms with E-state index in [-0.39, 0.29) is 19.1 Å². The zero-order valence-corrected chi connectivity index (χ0v) is 13.5. The van der Waals surface area contributed by atoms with Crippen LogP contribution >= 0.6 is 0 Å². The second-order valence-corrected chi connectivity index (χ2v) is 5.26. The van der Waals surface area contributed by atoms with Crippen LogP contribution in [0.25, 0.3) is 5.65 Å². The molecule has 0 bridgehead atoms. The monoisotopic (exact) mass is 326 g/mol. The van der Waals surface area contributed by atoms with E-state index in [9.17, 15) is 4.79 Å². The quantitative estimate of drug-likeness (QED) is 0.746. The average molecular weight is 326 g/mol. The summed E-state index contributed by atoms with van der Waals surface area (Å²) in [4.78, 5) is 12.0. The van der Waals surface area contributed by atoms with Gasteiger partial charge in [-0.15, -0.1) is 10.2 Å². The standard InChI is InChI=1S/C17H18N4O3/c1-12-6-7-13(14(9-12)23-2)24-11-17(22)18-10-16-20-19-15-5-3-4-8-21(15)16/h3-9H,10-11H2,1-2H3,(H,18,22). The third-order valence-electron chi connectivity index (χ3n) is 3.51. The lowest BCUT2D eigenvalue weighted by Gasteiger charge is -2.11. The number of nitrogens with one attached hydrogen (secondary N) is 1. The Bertz CT molecular complexity index is 860. The Hall–Kier alpha value is -3.09. The zero-order valence-electron chi connectivity index (χ0n) is 13.5. The molecule has 0 spiro atoms. The summed E-state index contributed by atoms with van der Waals surface area (Å²) < 4.78 is 12.6. The Morgan fingerprint density at radius 2 is 2.08 bits per heavy atom. The normalized spacial score (nSPS) is 10.6. The van der Waals surface area contributed by atoms with Gasteiger partial charge in [0.25, 0.3) is 5.91 Å². The van der Waals surface area contributed by atoms with Gasteiger partial charge in [0.05, 0.1) is 13.7 Å². The van der Waals surface area contributed by atoms with Gasteiger partial charge in [-0.2, -0.15) is 0 Å². The third-order valence-corrected chi connectivity index (χ3v) is 3.51. The number of pyridine rings is 1. The maximum Gasteiger partial charge on any atom is 0.258 e. The van der Waals surface area contributed by atoms with Crippen molar-refractivity contribution in [1.29, 1.82) is 0 Å². The largest absolute Gasteiger partial charge is 0.493 e. The molecule has 7 heteroatoms. The van der Waals surface area contributed by atoms with Crippen LogP contribution in [0.1, 0.15) is 11.4 Å². The fraction of sp³-hybridized carbons (Fsp3) is 0.235. The topological polar surface area (TPSA) is 77.8 Å². The fourth-order valence-electron chi connectivity index (χ4n) is 2.28. The Kier molecular flexibility index (Phi) is 4.60. The van der Waals surface area contributed by atoms with Crippen molar-refractivity contribution < 1.29 is 14.3 Å². The predicted octanol–water partition coefficient (Wildman–Crippen LogP) is 1.74. The summed E-state index contributed by atoms with van der Waals surface area (Å²) in [6, 6.07) is 11.2. The molecule has 0 aliphatic rings. The number of carbonyl (C=O) groups excluding carboxylic acids is 1. The summed E-state index contributed by atoms with van der Waals surface area (Å²) in [5.74, 6) is 1.55. The molecule has 0 unspecified atom stereocenters. The number of aryl methyl sites for hydroxylation is 1. The molecule has 1 amide bonds. The van der Waals surface area contributed by atoms with E-state index in [1.165, 1.54) is 0 Å². The number of hydrogen-bond donors (Lipinski definition) is 1. The number of ether oxygens (including phenoxy) is 2. The molecule has 0 radical (unpaired) electrons. The van der Waals surface area contributed by atoms with E-state index in [4.69, 9.17) is 9.47 Å². The molecule has 3 aromatic rings. The summed E-state index contributed by atoms with van der Waals surface area (Å²) in [5, 5.41) is 10.9. The summed E-state index contributed by atoms with van der Waals surface area (Å²) >= 11 is 0. The zero-order chi connectivity index (χ0) is 16.9. The highest BCUT2D eigenvalue weighted by molar-refractivity contribution is 5.77. The van der Waals surface area contributed by atoms with Crippen molar-refractivity contribution >= 4 is 11.6 Å². The average Bonchev–Trinajstić information content (AvgIpc) is 3.02. The van der Waals surface area contributed by atoms with Gasteiger partial charge in [-0.3, -0.25) is 9.20 Å². The Labute approximate surface area is 139 Å². The van der Waals surface area contributed by atoms with Crippen molar-refractivity contribution in [2.24, 2.45) is 0 Å². The number of rotatable bonds is 6. The number of amides is 1. The van der Waals surface area contributed by atoms with E-state index < -0.39 is 0 Å². The molecule has 0 fully saturated rings. The van der Waals surface area contributed by atoms with Crippen molar-refractivity contribution in [3.8, 4) is 11.5 Å². The van der Waals surface area contributed by atoms with Gasteiger partial charge in [-0.25, -0.2) is 0 Å². The molecule has 3 rings (SSSR count). The van der Waals surface area contributed by atoms with E-state index in [1.54, 1.807) is 13.2 Å². The molecule has 0 atom stereocenters. The minimum Gasteiger partial charge on any atom is -0.493 e. The van der Waals surface area contributed by atoms with Crippen molar-refractivity contribution in [2.75, 3.05) is 13.7 Å². The Balaban J connectivity index is 1.56. The van der Waals surface area contributed by atoms with Gasteiger partial charge in [-0.05, 0) is 36.8 Å². The molecule has 124 valence electrons. The summed E-state index contributed by atoms with van der Waals surface area (Å²) in [7, 11) is 1.57. The van der Waals surface area contributed by atoms with Gasteiger partial charge in [0, 0.05) is 6.20 Å². The van der Waals surface area contributed by atoms with Gasteiger partial charge in [0.15, 0.2) is 29.6 Å². The maximum absolute atomic E-state index is 12.0. The lowest BCUT2D eigenvalue weighted by atomic mass is 10.2.